The fourth-order valence-electron chi connectivity index (χ4n) is 1.87. The summed E-state index contributed by atoms with van der Waals surface area (Å²) >= 11 is 6.75. The lowest BCUT2D eigenvalue weighted by Crippen LogP contribution is -2.20. The van der Waals surface area contributed by atoms with Crippen LogP contribution in [0.2, 0.25) is 5.02 Å². The molecule has 0 saturated carbocycles. The van der Waals surface area contributed by atoms with Crippen molar-refractivity contribution in [2.24, 2.45) is 4.40 Å². The molecule has 1 aromatic heterocycles. The first-order valence-corrected chi connectivity index (χ1v) is 9.29. The van der Waals surface area contributed by atoms with Crippen molar-refractivity contribution in [1.29, 1.82) is 0 Å². The Bertz CT molecular complexity index is 957. The Balaban J connectivity index is 1.88. The van der Waals surface area contributed by atoms with Crippen molar-refractivity contribution < 1.29 is 13.2 Å². The molecule has 1 aliphatic rings. The zero-order chi connectivity index (χ0) is 17.2. The average Bonchev–Trinajstić information content (AvgIpc) is 2.87. The topological polar surface area (TPSA) is 88.5 Å². The first kappa shape index (κ1) is 16.7. The summed E-state index contributed by atoms with van der Waals surface area (Å²) in [5, 5.41) is 2.72. The second kappa shape index (κ2) is 6.76. The van der Waals surface area contributed by atoms with Gasteiger partial charge in [0.1, 0.15) is 0 Å². The van der Waals surface area contributed by atoms with Gasteiger partial charge in [-0.2, -0.15) is 8.42 Å². The van der Waals surface area contributed by atoms with Gasteiger partial charge >= 0.3 is 0 Å². The zero-order valence-corrected chi connectivity index (χ0v) is 14.4. The molecule has 1 aromatic carbocycles. The number of carbonyl (C=O) groups excluding carboxylic acids is 1. The molecule has 1 N–H and O–H groups in total. The number of hydrogen-bond acceptors (Lipinski definition) is 5. The summed E-state index contributed by atoms with van der Waals surface area (Å²) in [6.07, 6.45) is 4.83. The Labute approximate surface area is 147 Å². The molecule has 0 bridgehead atoms. The SMILES string of the molecule is O=C1NC(=NS(=O)(=O)c2cccc(Cl)c2)S/C1=C\c1cccnc1. The monoisotopic (exact) mass is 379 g/mol. The highest BCUT2D eigenvalue weighted by atomic mass is 35.5. The zero-order valence-electron chi connectivity index (χ0n) is 12.0. The van der Waals surface area contributed by atoms with Crippen LogP contribution in [-0.2, 0) is 14.8 Å². The number of nitrogens with zero attached hydrogens (tertiary/aromatic N) is 2. The summed E-state index contributed by atoms with van der Waals surface area (Å²) in [6, 6.07) is 9.29. The Kier molecular flexibility index (Phi) is 4.70. The van der Waals surface area contributed by atoms with E-state index in [4.69, 9.17) is 11.6 Å². The summed E-state index contributed by atoms with van der Waals surface area (Å²) in [6.45, 7) is 0. The van der Waals surface area contributed by atoms with E-state index < -0.39 is 15.9 Å². The van der Waals surface area contributed by atoms with Crippen molar-refractivity contribution in [3.63, 3.8) is 0 Å². The minimum Gasteiger partial charge on any atom is -0.300 e. The minimum absolute atomic E-state index is 0.00452. The van der Waals surface area contributed by atoms with E-state index in [-0.39, 0.29) is 15.1 Å². The summed E-state index contributed by atoms with van der Waals surface area (Å²) < 4.78 is 28.2. The van der Waals surface area contributed by atoms with Gasteiger partial charge in [0.05, 0.1) is 9.80 Å². The molecule has 0 unspecified atom stereocenters. The van der Waals surface area contributed by atoms with E-state index in [1.165, 1.54) is 18.2 Å². The average molecular weight is 380 g/mol. The molecule has 0 atom stereocenters. The summed E-state index contributed by atoms with van der Waals surface area (Å²) in [5.74, 6) is -0.413. The maximum Gasteiger partial charge on any atom is 0.284 e. The van der Waals surface area contributed by atoms with Crippen LogP contribution in [0.4, 0.5) is 0 Å². The smallest absolute Gasteiger partial charge is 0.284 e. The standard InChI is InChI=1S/C15H10ClN3O3S2/c16-11-4-1-5-12(8-11)24(21,22)19-15-18-14(20)13(23-15)7-10-3-2-6-17-9-10/h1-9H,(H,18,19,20)/b13-7-. The number of aromatic nitrogens is 1. The molecule has 24 heavy (non-hydrogen) atoms. The van der Waals surface area contributed by atoms with Crippen LogP contribution in [0.1, 0.15) is 5.56 Å². The number of amides is 1. The van der Waals surface area contributed by atoms with Crippen LogP contribution in [-0.4, -0.2) is 24.5 Å². The van der Waals surface area contributed by atoms with Gasteiger partial charge in [0.25, 0.3) is 15.9 Å². The molecular weight excluding hydrogens is 370 g/mol. The Morgan fingerprint density at radius 1 is 1.25 bits per heavy atom. The van der Waals surface area contributed by atoms with E-state index in [9.17, 15) is 13.2 Å². The van der Waals surface area contributed by atoms with E-state index in [2.05, 4.69) is 14.7 Å². The highest BCUT2D eigenvalue weighted by Crippen LogP contribution is 2.27. The van der Waals surface area contributed by atoms with Gasteiger partial charge < -0.3 is 0 Å². The number of thioether (sulfide) groups is 1. The lowest BCUT2D eigenvalue weighted by atomic mass is 10.2. The molecule has 1 aliphatic heterocycles. The fourth-order valence-corrected chi connectivity index (χ4v) is 4.16. The molecule has 1 saturated heterocycles. The number of amidine groups is 1. The maximum absolute atomic E-state index is 12.3. The molecule has 0 aliphatic carbocycles. The van der Waals surface area contributed by atoms with Gasteiger partial charge in [-0.25, -0.2) is 0 Å². The highest BCUT2D eigenvalue weighted by molar-refractivity contribution is 8.19. The van der Waals surface area contributed by atoms with Gasteiger partial charge in [-0.1, -0.05) is 23.7 Å². The molecule has 3 rings (SSSR count). The molecule has 6 nitrogen and oxygen atoms in total. The van der Waals surface area contributed by atoms with E-state index in [1.807, 2.05) is 0 Å². The van der Waals surface area contributed by atoms with Gasteiger partial charge in [-0.05, 0) is 47.7 Å². The number of rotatable bonds is 3. The lowest BCUT2D eigenvalue weighted by Gasteiger charge is -2.00. The van der Waals surface area contributed by atoms with Crippen molar-refractivity contribution in [3.8, 4) is 0 Å². The summed E-state index contributed by atoms with van der Waals surface area (Å²) in [7, 11) is -3.96. The number of halogens is 1. The molecule has 1 fully saturated rings. The first-order valence-electron chi connectivity index (χ1n) is 6.65. The maximum atomic E-state index is 12.3. The van der Waals surface area contributed by atoms with Crippen LogP contribution in [0.15, 0.2) is 63.0 Å². The fraction of sp³-hybridized carbons (Fsp3) is 0. The molecule has 9 heteroatoms. The predicted octanol–water partition coefficient (Wildman–Crippen LogP) is 2.68. The number of carbonyl (C=O) groups is 1. The molecule has 0 radical (unpaired) electrons. The first-order chi connectivity index (χ1) is 11.4. The predicted molar refractivity (Wildman–Crippen MR) is 94.0 cm³/mol. The highest BCUT2D eigenvalue weighted by Gasteiger charge is 2.26. The van der Waals surface area contributed by atoms with Crippen molar-refractivity contribution >= 4 is 50.5 Å². The van der Waals surface area contributed by atoms with Crippen molar-refractivity contribution in [2.75, 3.05) is 0 Å². The van der Waals surface area contributed by atoms with Crippen LogP contribution in [0.3, 0.4) is 0 Å². The lowest BCUT2D eigenvalue weighted by molar-refractivity contribution is -0.115. The third kappa shape index (κ3) is 3.84. The Morgan fingerprint density at radius 3 is 2.79 bits per heavy atom. The summed E-state index contributed by atoms with van der Waals surface area (Å²) in [5.41, 5.74) is 0.731. The van der Waals surface area contributed by atoms with Crippen LogP contribution in [0.5, 0.6) is 0 Å². The minimum atomic E-state index is -3.96. The van der Waals surface area contributed by atoms with E-state index in [0.29, 0.717) is 4.91 Å². The third-order valence-corrected chi connectivity index (χ3v) is 5.46. The van der Waals surface area contributed by atoms with E-state index >= 15 is 0 Å². The van der Waals surface area contributed by atoms with Crippen molar-refractivity contribution in [3.05, 3.63) is 64.3 Å². The molecular formula is C15H10ClN3O3S2. The number of nitrogens with one attached hydrogen (secondary N) is 1. The van der Waals surface area contributed by atoms with Gasteiger partial charge in [0.2, 0.25) is 0 Å². The van der Waals surface area contributed by atoms with Gasteiger partial charge in [0, 0.05) is 17.4 Å². The molecule has 122 valence electrons. The molecule has 0 spiro atoms. The Morgan fingerprint density at radius 2 is 2.08 bits per heavy atom. The number of benzene rings is 1. The quantitative estimate of drug-likeness (QED) is 0.828. The number of sulfonamides is 1. The van der Waals surface area contributed by atoms with Crippen LogP contribution in [0, 0.1) is 0 Å². The summed E-state index contributed by atoms with van der Waals surface area (Å²) in [4.78, 5) is 16.2. The van der Waals surface area contributed by atoms with Crippen LogP contribution < -0.4 is 5.32 Å². The van der Waals surface area contributed by atoms with Crippen LogP contribution >= 0.6 is 23.4 Å². The van der Waals surface area contributed by atoms with Gasteiger partial charge in [-0.3, -0.25) is 15.1 Å². The normalized spacial score (nSPS) is 18.1. The second-order valence-electron chi connectivity index (χ2n) is 4.68. The van der Waals surface area contributed by atoms with Crippen molar-refractivity contribution in [1.82, 2.24) is 10.3 Å². The number of pyridine rings is 1. The molecule has 1 amide bonds. The molecule has 2 aromatic rings. The number of hydrogen-bond donors (Lipinski definition) is 1. The second-order valence-corrected chi connectivity index (χ2v) is 7.75. The largest absolute Gasteiger partial charge is 0.300 e. The van der Waals surface area contributed by atoms with Crippen LogP contribution in [0.25, 0.3) is 6.08 Å². The Hall–Kier alpha value is -2.16. The van der Waals surface area contributed by atoms with E-state index in [0.717, 1.165) is 17.3 Å². The molecule has 2 heterocycles. The third-order valence-electron chi connectivity index (χ3n) is 2.93. The van der Waals surface area contributed by atoms with Crippen molar-refractivity contribution in [2.45, 2.75) is 4.90 Å². The van der Waals surface area contributed by atoms with Gasteiger partial charge in [-0.15, -0.1) is 4.40 Å². The van der Waals surface area contributed by atoms with E-state index in [1.54, 1.807) is 36.7 Å². The van der Waals surface area contributed by atoms with Gasteiger partial charge in [0.15, 0.2) is 5.17 Å².